The van der Waals surface area contributed by atoms with Crippen LogP contribution in [0.3, 0.4) is 0 Å². The molecule has 0 saturated carbocycles. The lowest BCUT2D eigenvalue weighted by Crippen LogP contribution is -2.37. The maximum absolute atomic E-state index is 12.2. The molecule has 8 nitrogen and oxygen atoms in total. The molecule has 0 radical (unpaired) electrons. The van der Waals surface area contributed by atoms with Crippen LogP contribution in [0, 0.1) is 13.8 Å². The highest BCUT2D eigenvalue weighted by Gasteiger charge is 2.51. The van der Waals surface area contributed by atoms with Gasteiger partial charge in [0.25, 0.3) is 0 Å². The van der Waals surface area contributed by atoms with Gasteiger partial charge in [-0.2, -0.15) is 0 Å². The summed E-state index contributed by atoms with van der Waals surface area (Å²) in [5.41, 5.74) is 3.47. The third kappa shape index (κ3) is 4.72. The summed E-state index contributed by atoms with van der Waals surface area (Å²) in [5.74, 6) is 0. The number of amides is 2. The minimum atomic E-state index is -0.585. The summed E-state index contributed by atoms with van der Waals surface area (Å²) in [4.78, 5) is 24.4. The van der Waals surface area contributed by atoms with Gasteiger partial charge in [-0.15, -0.1) is 0 Å². The van der Waals surface area contributed by atoms with Crippen LogP contribution >= 0.6 is 0 Å². The SMILES string of the molecule is Cc1ccc(NC(=O)O[C@H]2CO[C@@H]3[C@H]2OC[C@H]3OC(=O)Nc2ccc(C)cc2)cc1. The Morgan fingerprint density at radius 3 is 1.47 bits per heavy atom. The first kappa shape index (κ1) is 20.2. The number of nitrogens with one attached hydrogen (secondary N) is 2. The van der Waals surface area contributed by atoms with Crippen LogP contribution in [-0.2, 0) is 18.9 Å². The lowest BCUT2D eigenvalue weighted by atomic mass is 10.1. The van der Waals surface area contributed by atoms with Crippen molar-refractivity contribution >= 4 is 23.6 Å². The molecule has 4 atom stereocenters. The molecule has 2 fully saturated rings. The Labute approximate surface area is 174 Å². The van der Waals surface area contributed by atoms with Crippen LogP contribution in [0.4, 0.5) is 21.0 Å². The molecule has 8 heteroatoms. The normalized spacial score (nSPS) is 24.7. The van der Waals surface area contributed by atoms with Crippen molar-refractivity contribution in [1.29, 1.82) is 0 Å². The first-order valence-electron chi connectivity index (χ1n) is 9.80. The van der Waals surface area contributed by atoms with Crippen molar-refractivity contribution in [2.24, 2.45) is 0 Å². The predicted octanol–water partition coefficient (Wildman–Crippen LogP) is 3.64. The second kappa shape index (κ2) is 8.73. The zero-order valence-electron chi connectivity index (χ0n) is 16.8. The van der Waals surface area contributed by atoms with Crippen LogP contribution < -0.4 is 10.6 Å². The van der Waals surface area contributed by atoms with Gasteiger partial charge in [0.1, 0.15) is 12.2 Å². The highest BCUT2D eigenvalue weighted by Crippen LogP contribution is 2.31. The molecule has 2 aromatic carbocycles. The number of benzene rings is 2. The number of hydrogen-bond acceptors (Lipinski definition) is 6. The molecule has 2 saturated heterocycles. The fourth-order valence-electron chi connectivity index (χ4n) is 3.47. The second-order valence-electron chi connectivity index (χ2n) is 7.47. The summed E-state index contributed by atoms with van der Waals surface area (Å²) in [6.07, 6.45) is -3.28. The quantitative estimate of drug-likeness (QED) is 0.796. The number of hydrogen-bond donors (Lipinski definition) is 2. The third-order valence-electron chi connectivity index (χ3n) is 5.08. The zero-order valence-corrected chi connectivity index (χ0v) is 16.8. The fourth-order valence-corrected chi connectivity index (χ4v) is 3.47. The molecular formula is C22H24N2O6. The van der Waals surface area contributed by atoms with Gasteiger partial charge in [0.15, 0.2) is 12.2 Å². The van der Waals surface area contributed by atoms with Gasteiger partial charge in [-0.25, -0.2) is 9.59 Å². The molecule has 2 aliphatic heterocycles. The van der Waals surface area contributed by atoms with Crippen molar-refractivity contribution < 1.29 is 28.5 Å². The van der Waals surface area contributed by atoms with E-state index in [1.54, 1.807) is 24.3 Å². The van der Waals surface area contributed by atoms with E-state index in [-0.39, 0.29) is 13.2 Å². The van der Waals surface area contributed by atoms with Gasteiger partial charge in [-0.1, -0.05) is 35.4 Å². The standard InChI is InChI=1S/C22H24N2O6/c1-13-3-7-15(8-4-13)23-21(25)29-17-11-27-20-18(12-28-19(17)20)30-22(26)24-16-9-5-14(2)6-10-16/h3-10,17-20H,11-12H2,1-2H3,(H,23,25)(H,24,26)/t17-,18+,19-,20-/m0/s1. The fraction of sp³-hybridized carbons (Fsp3) is 0.364. The maximum Gasteiger partial charge on any atom is 0.412 e. The number of carbonyl (C=O) groups is 2. The van der Waals surface area contributed by atoms with Crippen LogP contribution in [0.2, 0.25) is 0 Å². The third-order valence-corrected chi connectivity index (χ3v) is 5.08. The van der Waals surface area contributed by atoms with E-state index in [9.17, 15) is 9.59 Å². The zero-order chi connectivity index (χ0) is 21.1. The van der Waals surface area contributed by atoms with Crippen LogP contribution in [0.1, 0.15) is 11.1 Å². The van der Waals surface area contributed by atoms with E-state index in [4.69, 9.17) is 18.9 Å². The van der Waals surface area contributed by atoms with E-state index in [1.807, 2.05) is 38.1 Å². The van der Waals surface area contributed by atoms with Gasteiger partial charge in [0.05, 0.1) is 13.2 Å². The summed E-state index contributed by atoms with van der Waals surface area (Å²) >= 11 is 0. The molecule has 0 bridgehead atoms. The van der Waals surface area contributed by atoms with Gasteiger partial charge in [-0.3, -0.25) is 10.6 Å². The van der Waals surface area contributed by atoms with E-state index >= 15 is 0 Å². The Morgan fingerprint density at radius 1 is 0.733 bits per heavy atom. The number of ether oxygens (including phenoxy) is 4. The number of fused-ring (bicyclic) bond motifs is 1. The summed E-state index contributed by atoms with van der Waals surface area (Å²) in [6, 6.07) is 14.8. The summed E-state index contributed by atoms with van der Waals surface area (Å²) in [6.45, 7) is 4.29. The number of carbonyl (C=O) groups excluding carboxylic acids is 2. The number of rotatable bonds is 4. The van der Waals surface area contributed by atoms with Crippen LogP contribution in [-0.4, -0.2) is 49.8 Å². The van der Waals surface area contributed by atoms with Crippen molar-refractivity contribution in [3.05, 3.63) is 59.7 Å². The molecule has 2 aromatic rings. The number of aryl methyl sites for hydroxylation is 2. The van der Waals surface area contributed by atoms with Crippen LogP contribution in [0.25, 0.3) is 0 Å². The predicted molar refractivity (Wildman–Crippen MR) is 110 cm³/mol. The summed E-state index contributed by atoms with van der Waals surface area (Å²) in [7, 11) is 0. The van der Waals surface area contributed by atoms with E-state index in [1.165, 1.54) is 0 Å². The van der Waals surface area contributed by atoms with Crippen LogP contribution in [0.5, 0.6) is 0 Å². The van der Waals surface area contributed by atoms with Crippen molar-refractivity contribution in [3.8, 4) is 0 Å². The molecule has 2 N–H and O–H groups in total. The Morgan fingerprint density at radius 2 is 1.10 bits per heavy atom. The minimum Gasteiger partial charge on any atom is -0.441 e. The molecule has 0 aromatic heterocycles. The first-order chi connectivity index (χ1) is 14.5. The molecule has 158 valence electrons. The smallest absolute Gasteiger partial charge is 0.412 e. The highest BCUT2D eigenvalue weighted by atomic mass is 16.7. The first-order valence-corrected chi connectivity index (χ1v) is 9.80. The summed E-state index contributed by atoms with van der Waals surface area (Å²) in [5, 5.41) is 5.37. The van der Waals surface area contributed by atoms with Crippen molar-refractivity contribution in [2.45, 2.75) is 38.3 Å². The Bertz CT molecular complexity index is 823. The van der Waals surface area contributed by atoms with E-state index in [0.29, 0.717) is 11.4 Å². The molecule has 2 heterocycles. The largest absolute Gasteiger partial charge is 0.441 e. The van der Waals surface area contributed by atoms with E-state index < -0.39 is 36.6 Å². The molecule has 0 spiro atoms. The molecule has 4 rings (SSSR count). The lowest BCUT2D eigenvalue weighted by molar-refractivity contribution is -0.00697. The van der Waals surface area contributed by atoms with Crippen molar-refractivity contribution in [1.82, 2.24) is 0 Å². The van der Waals surface area contributed by atoms with Gasteiger partial charge >= 0.3 is 12.2 Å². The molecule has 2 amide bonds. The van der Waals surface area contributed by atoms with Gasteiger partial charge in [-0.05, 0) is 38.1 Å². The van der Waals surface area contributed by atoms with Gasteiger partial charge in [0.2, 0.25) is 0 Å². The second-order valence-corrected chi connectivity index (χ2v) is 7.47. The molecule has 0 aliphatic carbocycles. The highest BCUT2D eigenvalue weighted by molar-refractivity contribution is 5.85. The lowest BCUT2D eigenvalue weighted by Gasteiger charge is -2.17. The van der Waals surface area contributed by atoms with Crippen molar-refractivity contribution in [3.63, 3.8) is 0 Å². The molecular weight excluding hydrogens is 388 g/mol. The average Bonchev–Trinajstić information content (AvgIpc) is 3.29. The van der Waals surface area contributed by atoms with Crippen LogP contribution in [0.15, 0.2) is 48.5 Å². The van der Waals surface area contributed by atoms with Gasteiger partial charge in [0, 0.05) is 11.4 Å². The Kier molecular flexibility index (Phi) is 5.87. The summed E-state index contributed by atoms with van der Waals surface area (Å²) < 4.78 is 22.3. The Hall–Kier alpha value is -3.10. The van der Waals surface area contributed by atoms with E-state index in [2.05, 4.69) is 10.6 Å². The van der Waals surface area contributed by atoms with E-state index in [0.717, 1.165) is 11.1 Å². The molecule has 30 heavy (non-hydrogen) atoms. The monoisotopic (exact) mass is 412 g/mol. The average molecular weight is 412 g/mol. The van der Waals surface area contributed by atoms with Crippen molar-refractivity contribution in [2.75, 3.05) is 23.8 Å². The number of anilines is 2. The minimum absolute atomic E-state index is 0.177. The Balaban J connectivity index is 1.27. The molecule has 2 aliphatic rings. The maximum atomic E-state index is 12.2. The topological polar surface area (TPSA) is 95.1 Å². The molecule has 0 unspecified atom stereocenters. The van der Waals surface area contributed by atoms with Gasteiger partial charge < -0.3 is 18.9 Å².